The van der Waals surface area contributed by atoms with Gasteiger partial charge in [-0.25, -0.2) is 0 Å². The average molecular weight is 877 g/mol. The van der Waals surface area contributed by atoms with Gasteiger partial charge in [0.25, 0.3) is 0 Å². The van der Waals surface area contributed by atoms with E-state index in [0.29, 0.717) is 24.0 Å². The zero-order chi connectivity index (χ0) is 45.4. The Hall–Kier alpha value is -3.34. The molecule has 0 heterocycles. The maximum absolute atomic E-state index is 13.0. The van der Waals surface area contributed by atoms with Crippen LogP contribution in [0.15, 0.2) is 66.3 Å². The summed E-state index contributed by atoms with van der Waals surface area (Å²) in [5.74, 6) is 6.51. The van der Waals surface area contributed by atoms with Crippen LogP contribution in [0, 0.1) is 46.3 Å². The molecule has 4 aliphatic rings. The summed E-state index contributed by atoms with van der Waals surface area (Å²) >= 11 is 0. The number of esters is 1. The highest BCUT2D eigenvalue weighted by Crippen LogP contribution is 2.67. The van der Waals surface area contributed by atoms with Gasteiger partial charge in [-0.05, 0) is 159 Å². The maximum atomic E-state index is 13.0. The van der Waals surface area contributed by atoms with Gasteiger partial charge in [0.2, 0.25) is 0 Å². The number of ether oxygens (including phenoxy) is 3. The van der Waals surface area contributed by atoms with Crippen molar-refractivity contribution < 1.29 is 23.8 Å². The fraction of sp³-hybridized carbons (Fsp3) is 0.695. The smallest absolute Gasteiger partial charge is 0.306 e. The monoisotopic (exact) mass is 877 g/mol. The predicted molar refractivity (Wildman–Crippen MR) is 266 cm³/mol. The van der Waals surface area contributed by atoms with E-state index in [1.807, 2.05) is 54.6 Å². The van der Waals surface area contributed by atoms with Crippen LogP contribution in [0.25, 0.3) is 6.08 Å². The number of fused-ring (bicyclic) bond motifs is 5. The predicted octanol–water partition coefficient (Wildman–Crippen LogP) is 16.4. The van der Waals surface area contributed by atoms with E-state index in [1.54, 1.807) is 11.6 Å². The third-order valence-electron chi connectivity index (χ3n) is 16.8. The van der Waals surface area contributed by atoms with Crippen molar-refractivity contribution in [2.75, 3.05) is 13.2 Å². The van der Waals surface area contributed by atoms with Gasteiger partial charge >= 0.3 is 5.97 Å². The van der Waals surface area contributed by atoms with E-state index in [1.165, 1.54) is 109 Å². The average Bonchev–Trinajstić information content (AvgIpc) is 3.65. The standard InChI is InChI=1S/C59H88O5/c1-7-8-9-10-11-12-13-14-15-17-41-62-49-29-23-46(24-30-49)25-36-56(60)47-26-31-50(32-27-47)63-42-18-16-22-57(61)64-51-37-39-58(5)48(43-51)28-33-52-54-35-34-53(45(4)21-19-20-44(2)3)59(54,6)40-38-55(52)58/h23-32,36,44-45,51-55H,7-22,33-35,37-43H2,1-6H3/b36-25+/t45-,51?,52+,53-,54+,55+,58+,59-/m1/s1. The second-order valence-electron chi connectivity index (χ2n) is 21.8. The summed E-state index contributed by atoms with van der Waals surface area (Å²) in [6.07, 6.45) is 35.3. The van der Waals surface area contributed by atoms with Crippen LogP contribution in [-0.4, -0.2) is 31.1 Å². The third-order valence-corrected chi connectivity index (χ3v) is 16.8. The Labute approximate surface area is 390 Å². The number of unbranched alkanes of at least 4 members (excludes halogenated alkanes) is 10. The molecule has 0 saturated heterocycles. The Morgan fingerprint density at radius 3 is 2.02 bits per heavy atom. The number of benzene rings is 2. The van der Waals surface area contributed by atoms with Gasteiger partial charge in [0.1, 0.15) is 17.6 Å². The second kappa shape index (κ2) is 25.0. The lowest BCUT2D eigenvalue weighted by Gasteiger charge is -2.58. The normalized spacial score (nSPS) is 26.8. The molecule has 5 nitrogen and oxygen atoms in total. The van der Waals surface area contributed by atoms with E-state index in [4.69, 9.17) is 14.2 Å². The van der Waals surface area contributed by atoms with E-state index in [9.17, 15) is 9.59 Å². The Morgan fingerprint density at radius 1 is 0.703 bits per heavy atom. The van der Waals surface area contributed by atoms with Crippen LogP contribution in [0.4, 0.5) is 0 Å². The molecule has 0 aromatic heterocycles. The van der Waals surface area contributed by atoms with Gasteiger partial charge in [0.15, 0.2) is 5.78 Å². The largest absolute Gasteiger partial charge is 0.494 e. The number of hydrogen-bond acceptors (Lipinski definition) is 5. The van der Waals surface area contributed by atoms with Crippen molar-refractivity contribution in [1.29, 1.82) is 0 Å². The fourth-order valence-corrected chi connectivity index (χ4v) is 13.0. The summed E-state index contributed by atoms with van der Waals surface area (Å²) in [4.78, 5) is 25.9. The number of carbonyl (C=O) groups is 2. The van der Waals surface area contributed by atoms with Crippen molar-refractivity contribution in [1.82, 2.24) is 0 Å². The van der Waals surface area contributed by atoms with Gasteiger partial charge in [-0.2, -0.15) is 0 Å². The first kappa shape index (κ1) is 50.1. The molecule has 0 aliphatic heterocycles. The van der Waals surface area contributed by atoms with Crippen molar-refractivity contribution in [3.63, 3.8) is 0 Å². The van der Waals surface area contributed by atoms with Crippen LogP contribution < -0.4 is 9.47 Å². The van der Waals surface area contributed by atoms with E-state index in [0.717, 1.165) is 97.7 Å². The van der Waals surface area contributed by atoms with E-state index < -0.39 is 0 Å². The molecular formula is C59H88O5. The van der Waals surface area contributed by atoms with Gasteiger partial charge in [0.05, 0.1) is 13.2 Å². The minimum Gasteiger partial charge on any atom is -0.494 e. The molecule has 0 N–H and O–H groups in total. The summed E-state index contributed by atoms with van der Waals surface area (Å²) in [6, 6.07) is 15.3. The van der Waals surface area contributed by atoms with Gasteiger partial charge in [-0.3, -0.25) is 9.59 Å². The number of ketones is 1. The minimum absolute atomic E-state index is 0.0103. The van der Waals surface area contributed by atoms with E-state index >= 15 is 0 Å². The summed E-state index contributed by atoms with van der Waals surface area (Å²) in [5, 5.41) is 0. The highest BCUT2D eigenvalue weighted by atomic mass is 16.5. The molecule has 1 unspecified atom stereocenters. The lowest BCUT2D eigenvalue weighted by molar-refractivity contribution is -0.151. The minimum atomic E-state index is -0.0735. The van der Waals surface area contributed by atoms with Gasteiger partial charge in [0, 0.05) is 18.4 Å². The molecule has 3 saturated carbocycles. The van der Waals surface area contributed by atoms with Crippen molar-refractivity contribution in [3.05, 3.63) is 77.4 Å². The van der Waals surface area contributed by atoms with Crippen LogP contribution in [-0.2, 0) is 9.53 Å². The highest BCUT2D eigenvalue weighted by molar-refractivity contribution is 6.06. The lowest BCUT2D eigenvalue weighted by Crippen LogP contribution is -2.51. The fourth-order valence-electron chi connectivity index (χ4n) is 13.0. The zero-order valence-corrected chi connectivity index (χ0v) is 41.3. The Kier molecular flexibility index (Phi) is 19.5. The van der Waals surface area contributed by atoms with Crippen molar-refractivity contribution in [2.45, 2.75) is 202 Å². The first-order valence-corrected chi connectivity index (χ1v) is 26.6. The quantitative estimate of drug-likeness (QED) is 0.0294. The van der Waals surface area contributed by atoms with Crippen LogP contribution in [0.2, 0.25) is 0 Å². The first-order chi connectivity index (χ1) is 31.0. The summed E-state index contributed by atoms with van der Waals surface area (Å²) in [5.41, 5.74) is 3.95. The Bertz CT molecular complexity index is 1770. The molecule has 0 amide bonds. The second-order valence-corrected chi connectivity index (χ2v) is 21.8. The molecule has 5 heteroatoms. The molecule has 6 rings (SSSR count). The van der Waals surface area contributed by atoms with Crippen LogP contribution in [0.3, 0.4) is 0 Å². The molecular weight excluding hydrogens is 789 g/mol. The molecule has 2 aromatic rings. The summed E-state index contributed by atoms with van der Waals surface area (Å²) in [7, 11) is 0. The molecule has 0 bridgehead atoms. The number of rotatable bonds is 27. The topological polar surface area (TPSA) is 61.8 Å². The summed E-state index contributed by atoms with van der Waals surface area (Å²) < 4.78 is 18.0. The molecule has 2 aromatic carbocycles. The molecule has 0 spiro atoms. The van der Waals surface area contributed by atoms with Crippen LogP contribution in [0.1, 0.15) is 212 Å². The van der Waals surface area contributed by atoms with E-state index in [-0.39, 0.29) is 23.3 Å². The maximum Gasteiger partial charge on any atom is 0.306 e. The van der Waals surface area contributed by atoms with Crippen LogP contribution in [0.5, 0.6) is 11.5 Å². The Morgan fingerprint density at radius 2 is 1.34 bits per heavy atom. The zero-order valence-electron chi connectivity index (χ0n) is 41.3. The number of allylic oxidation sites excluding steroid dienone is 2. The Balaban J connectivity index is 0.834. The van der Waals surface area contributed by atoms with Crippen molar-refractivity contribution in [2.24, 2.45) is 46.3 Å². The molecule has 64 heavy (non-hydrogen) atoms. The summed E-state index contributed by atoms with van der Waals surface area (Å²) in [6.45, 7) is 16.1. The SMILES string of the molecule is CCCCCCCCCCCCOc1ccc(/C=C/C(=O)c2ccc(OCCCCC(=O)OC3CC[C@@]4(C)C(=CC[C@H]5[C@@H]6CC[C@H]([C@H](C)CCCC(C)C)[C@@]6(C)CC[C@@H]54)C3)cc2)cc1. The highest BCUT2D eigenvalue weighted by Gasteiger charge is 2.59. The van der Waals surface area contributed by atoms with Crippen molar-refractivity contribution in [3.8, 4) is 11.5 Å². The molecule has 4 aliphatic carbocycles. The first-order valence-electron chi connectivity index (χ1n) is 26.6. The van der Waals surface area contributed by atoms with Gasteiger partial charge in [-0.15, -0.1) is 0 Å². The number of hydrogen-bond donors (Lipinski definition) is 0. The molecule has 354 valence electrons. The number of carbonyl (C=O) groups excluding carboxylic acids is 2. The van der Waals surface area contributed by atoms with Gasteiger partial charge in [-0.1, -0.05) is 148 Å². The lowest BCUT2D eigenvalue weighted by atomic mass is 9.47. The van der Waals surface area contributed by atoms with Crippen LogP contribution >= 0.6 is 0 Å². The van der Waals surface area contributed by atoms with Gasteiger partial charge < -0.3 is 14.2 Å². The molecule has 8 atom stereocenters. The molecule has 0 radical (unpaired) electrons. The third kappa shape index (κ3) is 13.9. The van der Waals surface area contributed by atoms with Crippen molar-refractivity contribution >= 4 is 17.8 Å². The molecule has 3 fully saturated rings. The van der Waals surface area contributed by atoms with E-state index in [2.05, 4.69) is 47.6 Å².